The molecule has 14 heteroatoms. The molecule has 2 atom stereocenters. The van der Waals surface area contributed by atoms with Crippen LogP contribution in [0.5, 0.6) is 46.0 Å². The van der Waals surface area contributed by atoms with E-state index < -0.39 is 0 Å². The number of aromatic nitrogens is 1. The molecule has 0 aliphatic rings. The SMILES string of the molecule is C.C.C.C.C.C.C.C.C.C.C.C.C.C.C.C.C.C.CC(C)(C)CCCOc1cccc2cccnc12.CCOC(C)Oc1ccc(C(C)(C)C)cc1.CCOC(C)Oc1ccc(C(C)(C)C)cc1.COCc1ccc(OCC(C)(C)C)c(OC)c1.COCc1ccc(OCC(C)(C)C)c(OC)c1.CSc1ccc(OCC(C)(C)C)cc1. The Morgan fingerprint density at radius 3 is 1.02 bits per heavy atom. The summed E-state index contributed by atoms with van der Waals surface area (Å²) >= 11 is 1.75. The number of para-hydroxylation sites is 1. The number of thioether (sulfide) groups is 1. The number of pyridine rings is 1. The first-order chi connectivity index (χ1) is 45.9. The van der Waals surface area contributed by atoms with E-state index in [0.717, 1.165) is 87.7 Å². The van der Waals surface area contributed by atoms with Crippen molar-refractivity contribution in [3.8, 4) is 46.0 Å². The molecule has 0 amide bonds. The molecule has 0 spiro atoms. The van der Waals surface area contributed by atoms with E-state index in [1.54, 1.807) is 40.2 Å². The van der Waals surface area contributed by atoms with Crippen LogP contribution in [0.2, 0.25) is 0 Å². The zero-order valence-electron chi connectivity index (χ0n) is 65.3. The van der Waals surface area contributed by atoms with E-state index in [9.17, 15) is 0 Å². The molecule has 13 nitrogen and oxygen atoms in total. The number of hydrogen-bond acceptors (Lipinski definition) is 14. The lowest BCUT2D eigenvalue weighted by atomic mass is 9.87. The van der Waals surface area contributed by atoms with Crippen LogP contribution in [-0.4, -0.2) is 91.9 Å². The fraction of sp³-hybridized carbons (Fsp3) is 0.618. The van der Waals surface area contributed by atoms with Crippen molar-refractivity contribution in [3.05, 3.63) is 168 Å². The molecule has 0 N–H and O–H groups in total. The number of methoxy groups -OCH3 is 4. The Morgan fingerprint density at radius 1 is 0.362 bits per heavy atom. The molecule has 6 aromatic carbocycles. The van der Waals surface area contributed by atoms with Crippen LogP contribution in [0.3, 0.4) is 0 Å². The zero-order valence-corrected chi connectivity index (χ0v) is 66.2. The first kappa shape index (κ1) is 150. The molecule has 7 rings (SSSR count). The normalized spacial score (nSPS) is 10.3. The van der Waals surface area contributed by atoms with Crippen LogP contribution in [0, 0.1) is 21.7 Å². The van der Waals surface area contributed by atoms with Gasteiger partial charge in [-0.05, 0) is 186 Å². The van der Waals surface area contributed by atoms with Gasteiger partial charge < -0.3 is 56.8 Å². The lowest BCUT2D eigenvalue weighted by molar-refractivity contribution is -0.0616. The Balaban J connectivity index is -0.0000000656. The number of ether oxygens (including phenoxy) is 12. The maximum Gasteiger partial charge on any atom is 0.196 e. The first-order valence-corrected chi connectivity index (χ1v) is 35.7. The standard InChI is InChI=1S/C16H21NO.2C14H22O3.2C14H22O2.C12H18OS.18CH4/c1-16(2,3)10-6-12-18-14-9-4-7-13-8-5-11-17-15(13)14;2*1-14(2,3)10-17-12-7-6-11(9-15-4)8-13(12)16-5;2*1-6-15-11(2)16-13-9-7-12(8-10-13)14(3,4)5;1-12(2,3)9-13-10-5-7-11(14-4)8-6-10;;;;;;;;;;;;;;;;;;/h4-5,7-9,11H,6,10,12H2,1-3H3;2*6-8H,9-10H2,1-5H3;2*7-11H,6H2,1-5H3;5-8H,9H2,1-4H3;18*1H4. The second-order valence-corrected chi connectivity index (χ2v) is 31.6. The van der Waals surface area contributed by atoms with Gasteiger partial charge in [-0.25, -0.2) is 0 Å². The van der Waals surface area contributed by atoms with Crippen molar-refractivity contribution in [2.24, 2.45) is 21.7 Å². The van der Waals surface area contributed by atoms with Gasteiger partial charge in [-0.15, -0.1) is 11.8 Å². The van der Waals surface area contributed by atoms with E-state index in [1.165, 1.54) is 22.4 Å². The van der Waals surface area contributed by atoms with Crippen molar-refractivity contribution in [3.63, 3.8) is 0 Å². The summed E-state index contributed by atoms with van der Waals surface area (Å²) in [6, 6.07) is 46.4. The molecule has 0 aliphatic heterocycles. The Labute approximate surface area is 730 Å². The molecule has 0 radical (unpaired) electrons. The van der Waals surface area contributed by atoms with Crippen molar-refractivity contribution in [2.45, 2.75) is 340 Å². The summed E-state index contributed by atoms with van der Waals surface area (Å²) in [5.41, 5.74) is 6.96. The molecule has 1 heterocycles. The molecule has 1 aromatic heterocycles. The third kappa shape index (κ3) is 67.2. The van der Waals surface area contributed by atoms with Crippen molar-refractivity contribution < 1.29 is 56.8 Å². The maximum absolute atomic E-state index is 5.85. The summed E-state index contributed by atoms with van der Waals surface area (Å²) in [6.45, 7) is 52.4. The van der Waals surface area contributed by atoms with Crippen LogP contribution < -0.4 is 37.9 Å². The van der Waals surface area contributed by atoms with Crippen molar-refractivity contribution in [1.29, 1.82) is 0 Å². The molecule has 2 unspecified atom stereocenters. The maximum atomic E-state index is 5.85. The number of nitrogens with zero attached hydrogens (tertiary/aromatic N) is 1. The summed E-state index contributed by atoms with van der Waals surface area (Å²) in [4.78, 5) is 5.66. The minimum Gasteiger partial charge on any atom is -0.493 e. The Bertz CT molecular complexity index is 3100. The van der Waals surface area contributed by atoms with E-state index in [4.69, 9.17) is 56.8 Å². The van der Waals surface area contributed by atoms with E-state index in [-0.39, 0.29) is 173 Å². The fourth-order valence-electron chi connectivity index (χ4n) is 8.70. The minimum absolute atomic E-state index is 0. The van der Waals surface area contributed by atoms with Gasteiger partial charge >= 0.3 is 0 Å². The number of rotatable bonds is 25. The van der Waals surface area contributed by atoms with E-state index in [1.807, 2.05) is 125 Å². The molecule has 0 fully saturated rings. The van der Waals surface area contributed by atoms with Gasteiger partial charge in [0.25, 0.3) is 0 Å². The summed E-state index contributed by atoms with van der Waals surface area (Å²) in [5, 5.41) is 1.13. The third-order valence-corrected chi connectivity index (χ3v) is 14.6. The van der Waals surface area contributed by atoms with Crippen molar-refractivity contribution in [1.82, 2.24) is 4.98 Å². The Kier molecular flexibility index (Phi) is 98.3. The van der Waals surface area contributed by atoms with Gasteiger partial charge in [-0.3, -0.25) is 4.98 Å². The minimum atomic E-state index is -0.189. The van der Waals surface area contributed by atoms with Crippen molar-refractivity contribution >= 4 is 22.7 Å². The van der Waals surface area contributed by atoms with E-state index in [0.29, 0.717) is 45.1 Å². The quantitative estimate of drug-likeness (QED) is 0.0306. The highest BCUT2D eigenvalue weighted by molar-refractivity contribution is 7.98. The Hall–Kier alpha value is -6.68. The largest absolute Gasteiger partial charge is 0.493 e. The molecule has 0 saturated heterocycles. The van der Waals surface area contributed by atoms with Gasteiger partial charge in [0.15, 0.2) is 35.6 Å². The molecule has 690 valence electrons. The number of hydrogen-bond donors (Lipinski definition) is 0. The zero-order chi connectivity index (χ0) is 73.8. The number of benzene rings is 6. The molecular weight excluding hydrogens is 1460 g/mol. The summed E-state index contributed by atoms with van der Waals surface area (Å²) in [7, 11) is 6.65. The number of fused-ring (bicyclic) bond motifs is 1. The first-order valence-electron chi connectivity index (χ1n) is 34.4. The second-order valence-electron chi connectivity index (χ2n) is 30.7. The van der Waals surface area contributed by atoms with Gasteiger partial charge in [0.2, 0.25) is 0 Å². The van der Waals surface area contributed by atoms with Gasteiger partial charge in [-0.2, -0.15) is 0 Å². The van der Waals surface area contributed by atoms with Gasteiger partial charge in [0, 0.05) is 43.9 Å². The molecule has 0 saturated carbocycles. The topological polar surface area (TPSA) is 124 Å². The fourth-order valence-corrected chi connectivity index (χ4v) is 9.11. The molecule has 0 aliphatic carbocycles. The average molecular weight is 1660 g/mol. The van der Waals surface area contributed by atoms with Crippen LogP contribution >= 0.6 is 11.8 Å². The molecular formula is C102H199NO12S. The molecule has 0 bridgehead atoms. The van der Waals surface area contributed by atoms with Gasteiger partial charge in [0.1, 0.15) is 28.5 Å². The van der Waals surface area contributed by atoms with E-state index >= 15 is 0 Å². The van der Waals surface area contributed by atoms with Gasteiger partial charge in [-0.1, -0.05) is 313 Å². The van der Waals surface area contributed by atoms with Crippen LogP contribution in [0.15, 0.2) is 151 Å². The smallest absolute Gasteiger partial charge is 0.196 e. The second kappa shape index (κ2) is 75.8. The highest BCUT2D eigenvalue weighted by atomic mass is 32.2. The average Bonchev–Trinajstić information content (AvgIpc) is 0.843. The highest BCUT2D eigenvalue weighted by Gasteiger charge is 2.18. The predicted molar refractivity (Wildman–Crippen MR) is 531 cm³/mol. The lowest BCUT2D eigenvalue weighted by Crippen LogP contribution is -2.17. The molecule has 116 heavy (non-hydrogen) atoms. The van der Waals surface area contributed by atoms with Crippen LogP contribution in [0.25, 0.3) is 10.9 Å². The summed E-state index contributed by atoms with van der Waals surface area (Å²) in [6.07, 6.45) is 5.75. The Morgan fingerprint density at radius 2 is 0.707 bits per heavy atom. The van der Waals surface area contributed by atoms with Crippen molar-refractivity contribution in [2.75, 3.05) is 74.3 Å². The summed E-state index contributed by atoms with van der Waals surface area (Å²) in [5.74, 6) is 6.62. The van der Waals surface area contributed by atoms with Crippen LogP contribution in [-0.2, 0) is 43.0 Å². The monoisotopic (exact) mass is 1660 g/mol. The highest BCUT2D eigenvalue weighted by Crippen LogP contribution is 2.33. The van der Waals surface area contributed by atoms with Gasteiger partial charge in [0.05, 0.1) is 53.9 Å². The van der Waals surface area contributed by atoms with E-state index in [2.05, 4.69) is 184 Å². The third-order valence-electron chi connectivity index (χ3n) is 13.9. The van der Waals surface area contributed by atoms with Crippen LogP contribution in [0.4, 0.5) is 0 Å². The van der Waals surface area contributed by atoms with Crippen LogP contribution in [0.1, 0.15) is 321 Å². The predicted octanol–water partition coefficient (Wildman–Crippen LogP) is 33.7. The molecule has 7 aromatic rings. The summed E-state index contributed by atoms with van der Waals surface area (Å²) < 4.78 is 65.7. The lowest BCUT2D eigenvalue weighted by Gasteiger charge is -2.20.